The molecule has 0 saturated carbocycles. The molecule has 0 fully saturated rings. The van der Waals surface area contributed by atoms with Crippen molar-refractivity contribution in [3.63, 3.8) is 0 Å². The minimum atomic E-state index is -0.151. The van der Waals surface area contributed by atoms with Gasteiger partial charge < -0.3 is 11.1 Å². The van der Waals surface area contributed by atoms with E-state index in [1.165, 1.54) is 11.3 Å². The number of carbonyl (C=O) groups is 1. The third-order valence-electron chi connectivity index (χ3n) is 3.07. The quantitative estimate of drug-likeness (QED) is 0.703. The Morgan fingerprint density at radius 1 is 1.30 bits per heavy atom. The Balaban J connectivity index is 0.00000264. The van der Waals surface area contributed by atoms with Crippen molar-refractivity contribution >= 4 is 52.9 Å². The van der Waals surface area contributed by atoms with E-state index < -0.39 is 0 Å². The summed E-state index contributed by atoms with van der Waals surface area (Å²) in [7, 11) is 0. The van der Waals surface area contributed by atoms with Crippen molar-refractivity contribution in [3.05, 3.63) is 49.9 Å². The number of aromatic nitrogens is 1. The first-order valence-electron chi connectivity index (χ1n) is 6.96. The van der Waals surface area contributed by atoms with Gasteiger partial charge in [-0.15, -0.1) is 23.7 Å². The predicted octanol–water partition coefficient (Wildman–Crippen LogP) is 3.74. The normalized spacial score (nSPS) is 10.2. The Labute approximate surface area is 155 Å². The molecule has 0 saturated heterocycles. The smallest absolute Gasteiger partial charge is 0.270 e. The second-order valence-corrected chi connectivity index (χ2v) is 6.55. The Hall–Kier alpha value is -0.850. The first kappa shape index (κ1) is 20.2. The molecule has 0 aliphatic rings. The lowest BCUT2D eigenvalue weighted by molar-refractivity contribution is 0.0949. The number of amides is 1. The summed E-state index contributed by atoms with van der Waals surface area (Å²) in [5.74, 6) is -0.151. The van der Waals surface area contributed by atoms with Crippen LogP contribution in [0, 0.1) is 0 Å². The molecule has 0 radical (unpaired) electrons. The van der Waals surface area contributed by atoms with Crippen LogP contribution in [0.4, 0.5) is 0 Å². The van der Waals surface area contributed by atoms with Crippen molar-refractivity contribution in [2.75, 3.05) is 13.1 Å². The Morgan fingerprint density at radius 2 is 2.09 bits per heavy atom. The summed E-state index contributed by atoms with van der Waals surface area (Å²) in [5.41, 5.74) is 6.95. The summed E-state index contributed by atoms with van der Waals surface area (Å²) >= 11 is 13.4. The van der Waals surface area contributed by atoms with Crippen molar-refractivity contribution in [2.45, 2.75) is 19.3 Å². The highest BCUT2D eigenvalue weighted by atomic mass is 35.5. The molecule has 1 heterocycles. The highest BCUT2D eigenvalue weighted by Crippen LogP contribution is 2.21. The van der Waals surface area contributed by atoms with Crippen molar-refractivity contribution in [1.82, 2.24) is 10.3 Å². The SMILES string of the molecule is Cl.NCCc1nc(C(=O)NCCCc2ccc(Cl)cc2Cl)cs1. The first-order valence-corrected chi connectivity index (χ1v) is 8.60. The van der Waals surface area contributed by atoms with Gasteiger partial charge in [0.25, 0.3) is 5.91 Å². The number of nitrogens with zero attached hydrogens (tertiary/aromatic N) is 1. The summed E-state index contributed by atoms with van der Waals surface area (Å²) in [5, 5.41) is 6.79. The van der Waals surface area contributed by atoms with Gasteiger partial charge in [-0.2, -0.15) is 0 Å². The topological polar surface area (TPSA) is 68.0 Å². The molecule has 0 bridgehead atoms. The number of nitrogens with two attached hydrogens (primary N) is 1. The van der Waals surface area contributed by atoms with E-state index in [9.17, 15) is 4.79 Å². The predicted molar refractivity (Wildman–Crippen MR) is 99.2 cm³/mol. The van der Waals surface area contributed by atoms with Crippen LogP contribution in [0.25, 0.3) is 0 Å². The van der Waals surface area contributed by atoms with Gasteiger partial charge in [0.15, 0.2) is 0 Å². The van der Waals surface area contributed by atoms with Crippen LogP contribution in [0.1, 0.15) is 27.5 Å². The van der Waals surface area contributed by atoms with Gasteiger partial charge in [-0.3, -0.25) is 4.79 Å². The number of rotatable bonds is 7. The molecular weight excluding hydrogens is 377 g/mol. The van der Waals surface area contributed by atoms with E-state index in [0.717, 1.165) is 23.4 Å². The molecule has 8 heteroatoms. The Morgan fingerprint density at radius 3 is 2.78 bits per heavy atom. The average Bonchev–Trinajstić information content (AvgIpc) is 2.94. The zero-order valence-electron chi connectivity index (χ0n) is 12.4. The summed E-state index contributed by atoms with van der Waals surface area (Å²) in [6.45, 7) is 1.11. The zero-order chi connectivity index (χ0) is 15.9. The van der Waals surface area contributed by atoms with Crippen molar-refractivity contribution in [1.29, 1.82) is 0 Å². The molecule has 0 unspecified atom stereocenters. The number of aryl methyl sites for hydroxylation is 1. The van der Waals surface area contributed by atoms with Gasteiger partial charge in [-0.05, 0) is 37.1 Å². The summed E-state index contributed by atoms with van der Waals surface area (Å²) in [6.07, 6.45) is 2.28. The zero-order valence-corrected chi connectivity index (χ0v) is 15.5. The second-order valence-electron chi connectivity index (χ2n) is 4.76. The maximum atomic E-state index is 11.9. The molecule has 3 N–H and O–H groups in total. The van der Waals surface area contributed by atoms with E-state index in [4.69, 9.17) is 28.9 Å². The largest absolute Gasteiger partial charge is 0.351 e. The molecule has 2 rings (SSSR count). The van der Waals surface area contributed by atoms with E-state index in [-0.39, 0.29) is 18.3 Å². The summed E-state index contributed by atoms with van der Waals surface area (Å²) < 4.78 is 0. The molecule has 1 amide bonds. The Kier molecular flexibility index (Phi) is 8.87. The first-order chi connectivity index (χ1) is 10.6. The standard InChI is InChI=1S/C15H17Cl2N3OS.ClH/c16-11-4-3-10(12(17)8-11)2-1-7-19-15(21)13-9-22-14(20-13)5-6-18;/h3-4,8-9H,1-2,5-7,18H2,(H,19,21);1H. The third kappa shape index (κ3) is 6.28. The van der Waals surface area contributed by atoms with Crippen LogP contribution in [0.2, 0.25) is 10.0 Å². The van der Waals surface area contributed by atoms with Crippen LogP contribution in [0.3, 0.4) is 0 Å². The van der Waals surface area contributed by atoms with Gasteiger partial charge in [-0.25, -0.2) is 4.98 Å². The van der Waals surface area contributed by atoms with Gasteiger partial charge in [0.05, 0.1) is 5.01 Å². The second kappa shape index (κ2) is 10.1. The van der Waals surface area contributed by atoms with Crippen LogP contribution >= 0.6 is 46.9 Å². The molecule has 2 aromatic rings. The Bertz CT molecular complexity index is 649. The van der Waals surface area contributed by atoms with Crippen molar-refractivity contribution in [3.8, 4) is 0 Å². The highest BCUT2D eigenvalue weighted by molar-refractivity contribution is 7.09. The lowest BCUT2D eigenvalue weighted by Gasteiger charge is -2.06. The lowest BCUT2D eigenvalue weighted by Crippen LogP contribution is -2.25. The van der Waals surface area contributed by atoms with E-state index in [0.29, 0.717) is 35.2 Å². The monoisotopic (exact) mass is 393 g/mol. The molecule has 1 aromatic heterocycles. The molecule has 0 atom stereocenters. The van der Waals surface area contributed by atoms with Crippen molar-refractivity contribution in [2.24, 2.45) is 5.73 Å². The molecule has 0 aliphatic carbocycles. The fraction of sp³-hybridized carbons (Fsp3) is 0.333. The molecule has 0 aliphatic heterocycles. The summed E-state index contributed by atoms with van der Waals surface area (Å²) in [6, 6.07) is 5.45. The third-order valence-corrected chi connectivity index (χ3v) is 4.56. The van der Waals surface area contributed by atoms with Crippen LogP contribution in [0.5, 0.6) is 0 Å². The number of thiazole rings is 1. The molecule has 4 nitrogen and oxygen atoms in total. The fourth-order valence-electron chi connectivity index (χ4n) is 1.95. The molecular formula is C15H18Cl3N3OS. The van der Waals surface area contributed by atoms with Gasteiger partial charge in [-0.1, -0.05) is 29.3 Å². The molecule has 23 heavy (non-hydrogen) atoms. The minimum absolute atomic E-state index is 0. The van der Waals surface area contributed by atoms with E-state index >= 15 is 0 Å². The number of hydrogen-bond donors (Lipinski definition) is 2. The maximum absolute atomic E-state index is 11.9. The number of carbonyl (C=O) groups excluding carboxylic acids is 1. The van der Waals surface area contributed by atoms with E-state index in [2.05, 4.69) is 10.3 Å². The average molecular weight is 395 g/mol. The molecule has 126 valence electrons. The van der Waals surface area contributed by atoms with Gasteiger partial charge in [0.1, 0.15) is 5.69 Å². The summed E-state index contributed by atoms with van der Waals surface area (Å²) in [4.78, 5) is 16.2. The van der Waals surface area contributed by atoms with Gasteiger partial charge >= 0.3 is 0 Å². The van der Waals surface area contributed by atoms with Crippen molar-refractivity contribution < 1.29 is 4.79 Å². The number of nitrogens with one attached hydrogen (secondary N) is 1. The fourth-order valence-corrected chi connectivity index (χ4v) is 3.25. The number of benzene rings is 1. The lowest BCUT2D eigenvalue weighted by atomic mass is 10.1. The number of halogens is 3. The maximum Gasteiger partial charge on any atom is 0.270 e. The van der Waals surface area contributed by atoms with Crippen LogP contribution < -0.4 is 11.1 Å². The van der Waals surface area contributed by atoms with Crippen LogP contribution in [-0.4, -0.2) is 24.0 Å². The van der Waals surface area contributed by atoms with Crippen LogP contribution in [0.15, 0.2) is 23.6 Å². The van der Waals surface area contributed by atoms with Gasteiger partial charge in [0.2, 0.25) is 0 Å². The molecule has 1 aromatic carbocycles. The molecule has 0 spiro atoms. The van der Waals surface area contributed by atoms with E-state index in [1.807, 2.05) is 12.1 Å². The minimum Gasteiger partial charge on any atom is -0.351 e. The highest BCUT2D eigenvalue weighted by Gasteiger charge is 2.10. The number of hydrogen-bond acceptors (Lipinski definition) is 4. The van der Waals surface area contributed by atoms with Crippen LogP contribution in [-0.2, 0) is 12.8 Å². The van der Waals surface area contributed by atoms with E-state index in [1.54, 1.807) is 11.4 Å². The van der Waals surface area contributed by atoms with Gasteiger partial charge in [0, 0.05) is 28.4 Å².